The SMILES string of the molecule is CCCCS(=O)(=O)NCC1CCN(c2ccc(C)cc2)C1. The van der Waals surface area contributed by atoms with Crippen molar-refractivity contribution < 1.29 is 8.42 Å². The molecule has 1 atom stereocenters. The second kappa shape index (κ2) is 7.27. The second-order valence-corrected chi connectivity index (χ2v) is 7.88. The van der Waals surface area contributed by atoms with Gasteiger partial charge in [0, 0.05) is 25.3 Å². The zero-order valence-corrected chi connectivity index (χ0v) is 13.8. The summed E-state index contributed by atoms with van der Waals surface area (Å²) in [5, 5.41) is 0. The molecule has 0 saturated carbocycles. The van der Waals surface area contributed by atoms with Gasteiger partial charge in [-0.15, -0.1) is 0 Å². The molecule has 1 fully saturated rings. The zero-order valence-electron chi connectivity index (χ0n) is 13.0. The molecule has 1 N–H and O–H groups in total. The maximum Gasteiger partial charge on any atom is 0.211 e. The lowest BCUT2D eigenvalue weighted by molar-refractivity contribution is 0.540. The zero-order chi connectivity index (χ0) is 15.3. The van der Waals surface area contributed by atoms with Crippen molar-refractivity contribution >= 4 is 15.7 Å². The van der Waals surface area contributed by atoms with Crippen LogP contribution in [0.4, 0.5) is 5.69 Å². The molecule has 21 heavy (non-hydrogen) atoms. The van der Waals surface area contributed by atoms with Crippen LogP contribution in [0.15, 0.2) is 24.3 Å². The van der Waals surface area contributed by atoms with Crippen molar-refractivity contribution in [3.05, 3.63) is 29.8 Å². The fourth-order valence-corrected chi connectivity index (χ4v) is 3.94. The van der Waals surface area contributed by atoms with Crippen molar-refractivity contribution in [2.45, 2.75) is 33.1 Å². The molecule has 0 bridgehead atoms. The first-order valence-electron chi connectivity index (χ1n) is 7.79. The molecule has 1 aromatic carbocycles. The van der Waals surface area contributed by atoms with Crippen LogP contribution in [0.2, 0.25) is 0 Å². The highest BCUT2D eigenvalue weighted by atomic mass is 32.2. The van der Waals surface area contributed by atoms with E-state index >= 15 is 0 Å². The predicted octanol–water partition coefficient (Wildman–Crippen LogP) is 2.54. The van der Waals surface area contributed by atoms with Crippen molar-refractivity contribution in [1.29, 1.82) is 0 Å². The van der Waals surface area contributed by atoms with E-state index in [0.717, 1.165) is 32.4 Å². The minimum Gasteiger partial charge on any atom is -0.371 e. The number of nitrogens with zero attached hydrogens (tertiary/aromatic N) is 1. The Morgan fingerprint density at radius 2 is 2.00 bits per heavy atom. The summed E-state index contributed by atoms with van der Waals surface area (Å²) in [4.78, 5) is 2.34. The van der Waals surface area contributed by atoms with Crippen LogP contribution in [0.3, 0.4) is 0 Å². The van der Waals surface area contributed by atoms with Gasteiger partial charge >= 0.3 is 0 Å². The van der Waals surface area contributed by atoms with Gasteiger partial charge in [-0.2, -0.15) is 0 Å². The minimum atomic E-state index is -3.09. The fourth-order valence-electron chi connectivity index (χ4n) is 2.64. The van der Waals surface area contributed by atoms with Crippen molar-refractivity contribution in [1.82, 2.24) is 4.72 Å². The molecule has 0 aliphatic carbocycles. The monoisotopic (exact) mass is 310 g/mol. The van der Waals surface area contributed by atoms with Gasteiger partial charge in [-0.1, -0.05) is 31.0 Å². The number of unbranched alkanes of at least 4 members (excludes halogenated alkanes) is 1. The number of aryl methyl sites for hydroxylation is 1. The van der Waals surface area contributed by atoms with E-state index in [4.69, 9.17) is 0 Å². The Hall–Kier alpha value is -1.07. The molecule has 1 heterocycles. The Labute approximate surface area is 128 Å². The van der Waals surface area contributed by atoms with Crippen LogP contribution >= 0.6 is 0 Å². The Morgan fingerprint density at radius 1 is 1.29 bits per heavy atom. The number of hydrogen-bond donors (Lipinski definition) is 1. The van der Waals surface area contributed by atoms with E-state index in [1.165, 1.54) is 11.3 Å². The summed E-state index contributed by atoms with van der Waals surface area (Å²) in [6.07, 6.45) is 2.69. The van der Waals surface area contributed by atoms with Crippen LogP contribution in [0, 0.1) is 12.8 Å². The predicted molar refractivity (Wildman–Crippen MR) is 88.2 cm³/mol. The summed E-state index contributed by atoms with van der Waals surface area (Å²) in [5.74, 6) is 0.653. The van der Waals surface area contributed by atoms with Crippen molar-refractivity contribution in [3.8, 4) is 0 Å². The van der Waals surface area contributed by atoms with Crippen molar-refractivity contribution in [2.24, 2.45) is 5.92 Å². The number of sulfonamides is 1. The molecule has 4 nitrogen and oxygen atoms in total. The Bertz CT molecular complexity index is 540. The van der Waals surface area contributed by atoms with Gasteiger partial charge in [0.05, 0.1) is 5.75 Å². The Morgan fingerprint density at radius 3 is 2.67 bits per heavy atom. The Balaban J connectivity index is 1.81. The van der Waals surface area contributed by atoms with Gasteiger partial charge < -0.3 is 4.90 Å². The molecular weight excluding hydrogens is 284 g/mol. The summed E-state index contributed by atoms with van der Waals surface area (Å²) in [7, 11) is -3.09. The third-order valence-electron chi connectivity index (χ3n) is 4.04. The fraction of sp³-hybridized carbons (Fsp3) is 0.625. The molecule has 0 amide bonds. The van der Waals surface area contributed by atoms with Crippen molar-refractivity contribution in [3.63, 3.8) is 0 Å². The first-order chi connectivity index (χ1) is 10.00. The number of benzene rings is 1. The van der Waals surface area contributed by atoms with Crippen LogP contribution in [-0.2, 0) is 10.0 Å². The van der Waals surface area contributed by atoms with Crippen LogP contribution in [0.5, 0.6) is 0 Å². The van der Waals surface area contributed by atoms with E-state index in [0.29, 0.717) is 12.5 Å². The maximum atomic E-state index is 11.8. The molecule has 0 radical (unpaired) electrons. The van der Waals surface area contributed by atoms with E-state index in [1.54, 1.807) is 0 Å². The Kier molecular flexibility index (Phi) is 5.65. The molecule has 1 aliphatic heterocycles. The summed E-state index contributed by atoms with van der Waals surface area (Å²) < 4.78 is 26.4. The van der Waals surface area contributed by atoms with Crippen LogP contribution in [-0.4, -0.2) is 33.8 Å². The molecular formula is C16H26N2O2S. The van der Waals surface area contributed by atoms with E-state index in [-0.39, 0.29) is 5.75 Å². The molecule has 1 saturated heterocycles. The number of anilines is 1. The van der Waals surface area contributed by atoms with Gasteiger partial charge in [-0.3, -0.25) is 0 Å². The molecule has 118 valence electrons. The van der Waals surface area contributed by atoms with Gasteiger partial charge in [0.1, 0.15) is 0 Å². The molecule has 2 rings (SSSR count). The van der Waals surface area contributed by atoms with Crippen LogP contribution in [0.1, 0.15) is 31.7 Å². The molecule has 1 unspecified atom stereocenters. The van der Waals surface area contributed by atoms with Crippen LogP contribution in [0.25, 0.3) is 0 Å². The van der Waals surface area contributed by atoms with E-state index in [1.807, 2.05) is 6.92 Å². The largest absolute Gasteiger partial charge is 0.371 e. The average molecular weight is 310 g/mol. The second-order valence-electron chi connectivity index (χ2n) is 5.96. The lowest BCUT2D eigenvalue weighted by Gasteiger charge is -2.19. The average Bonchev–Trinajstić information content (AvgIpc) is 2.93. The van der Waals surface area contributed by atoms with Gasteiger partial charge in [0.25, 0.3) is 0 Å². The minimum absolute atomic E-state index is 0.248. The molecule has 0 aromatic heterocycles. The summed E-state index contributed by atoms with van der Waals surface area (Å²) in [6, 6.07) is 8.53. The normalized spacial score (nSPS) is 19.1. The highest BCUT2D eigenvalue weighted by Gasteiger charge is 2.24. The first kappa shape index (κ1) is 16.3. The lowest BCUT2D eigenvalue weighted by Crippen LogP contribution is -2.32. The van der Waals surface area contributed by atoms with E-state index in [2.05, 4.69) is 40.8 Å². The number of rotatable bonds is 7. The standard InChI is InChI=1S/C16H26N2O2S/c1-3-4-11-21(19,20)17-12-15-9-10-18(13-15)16-7-5-14(2)6-8-16/h5-8,15,17H,3-4,9-13H2,1-2H3. The van der Waals surface area contributed by atoms with Gasteiger partial charge in [-0.05, 0) is 37.8 Å². The summed E-state index contributed by atoms with van der Waals surface area (Å²) >= 11 is 0. The smallest absolute Gasteiger partial charge is 0.211 e. The topological polar surface area (TPSA) is 49.4 Å². The van der Waals surface area contributed by atoms with Crippen molar-refractivity contribution in [2.75, 3.05) is 30.3 Å². The van der Waals surface area contributed by atoms with Gasteiger partial charge in [-0.25, -0.2) is 13.1 Å². The van der Waals surface area contributed by atoms with E-state index < -0.39 is 10.0 Å². The van der Waals surface area contributed by atoms with Crippen LogP contribution < -0.4 is 9.62 Å². The third-order valence-corrected chi connectivity index (χ3v) is 5.48. The molecule has 1 aliphatic rings. The quantitative estimate of drug-likeness (QED) is 0.842. The lowest BCUT2D eigenvalue weighted by atomic mass is 10.1. The van der Waals surface area contributed by atoms with E-state index in [9.17, 15) is 8.42 Å². The van der Waals surface area contributed by atoms with Gasteiger partial charge in [0.15, 0.2) is 0 Å². The summed E-state index contributed by atoms with van der Waals surface area (Å²) in [6.45, 7) is 6.59. The first-order valence-corrected chi connectivity index (χ1v) is 9.44. The molecule has 1 aromatic rings. The number of nitrogens with one attached hydrogen (secondary N) is 1. The number of hydrogen-bond acceptors (Lipinski definition) is 3. The molecule has 0 spiro atoms. The van der Waals surface area contributed by atoms with Gasteiger partial charge in [0.2, 0.25) is 10.0 Å². The highest BCUT2D eigenvalue weighted by molar-refractivity contribution is 7.89. The maximum absolute atomic E-state index is 11.8. The molecule has 5 heteroatoms. The summed E-state index contributed by atoms with van der Waals surface area (Å²) in [5.41, 5.74) is 2.50. The third kappa shape index (κ3) is 5.00. The highest BCUT2D eigenvalue weighted by Crippen LogP contribution is 2.23.